The lowest BCUT2D eigenvalue weighted by Gasteiger charge is -2.16. The normalized spacial score (nSPS) is 26.2. The molecule has 0 saturated carbocycles. The van der Waals surface area contributed by atoms with Crippen LogP contribution in [-0.2, 0) is 4.74 Å². The highest BCUT2D eigenvalue weighted by Crippen LogP contribution is 2.34. The molecule has 20 heavy (non-hydrogen) atoms. The molecular weight excluding hydrogens is 264 g/mol. The number of anilines is 2. The molecule has 0 spiro atoms. The van der Waals surface area contributed by atoms with Crippen LogP contribution in [0.5, 0.6) is 0 Å². The van der Waals surface area contributed by atoms with Crippen molar-refractivity contribution in [2.45, 2.75) is 24.9 Å². The Kier molecular flexibility index (Phi) is 3.16. The van der Waals surface area contributed by atoms with E-state index in [0.29, 0.717) is 23.5 Å². The SMILES string of the molecule is CNc1nc2c(N)ncnc2n1C1CC(O)C(CO)O1. The van der Waals surface area contributed by atoms with E-state index in [1.807, 2.05) is 0 Å². The first-order chi connectivity index (χ1) is 9.65. The zero-order valence-corrected chi connectivity index (χ0v) is 10.9. The Morgan fingerprint density at radius 3 is 3.00 bits per heavy atom. The van der Waals surface area contributed by atoms with E-state index in [1.54, 1.807) is 11.6 Å². The smallest absolute Gasteiger partial charge is 0.207 e. The Morgan fingerprint density at radius 2 is 2.35 bits per heavy atom. The molecular formula is C11H16N6O3. The van der Waals surface area contributed by atoms with Crippen molar-refractivity contribution >= 4 is 22.9 Å². The van der Waals surface area contributed by atoms with Crippen molar-refractivity contribution in [3.05, 3.63) is 6.33 Å². The van der Waals surface area contributed by atoms with Crippen molar-refractivity contribution in [1.82, 2.24) is 19.5 Å². The number of rotatable bonds is 3. The lowest BCUT2D eigenvalue weighted by atomic mass is 10.2. The summed E-state index contributed by atoms with van der Waals surface area (Å²) in [4.78, 5) is 12.4. The molecule has 0 radical (unpaired) electrons. The number of imidazole rings is 1. The van der Waals surface area contributed by atoms with Gasteiger partial charge in [0.2, 0.25) is 5.95 Å². The summed E-state index contributed by atoms with van der Waals surface area (Å²) in [5.74, 6) is 0.797. The summed E-state index contributed by atoms with van der Waals surface area (Å²) in [7, 11) is 1.72. The molecule has 1 aliphatic rings. The quantitative estimate of drug-likeness (QED) is 0.568. The van der Waals surface area contributed by atoms with Gasteiger partial charge in [-0.15, -0.1) is 0 Å². The van der Waals surface area contributed by atoms with Gasteiger partial charge in [0.1, 0.15) is 18.7 Å². The van der Waals surface area contributed by atoms with Gasteiger partial charge in [0.15, 0.2) is 17.0 Å². The minimum absolute atomic E-state index is 0.240. The van der Waals surface area contributed by atoms with Crippen molar-refractivity contribution in [3.63, 3.8) is 0 Å². The average molecular weight is 280 g/mol. The molecule has 3 atom stereocenters. The largest absolute Gasteiger partial charge is 0.394 e. The van der Waals surface area contributed by atoms with Gasteiger partial charge in [-0.1, -0.05) is 0 Å². The molecule has 2 aromatic rings. The van der Waals surface area contributed by atoms with Gasteiger partial charge in [0.05, 0.1) is 12.7 Å². The summed E-state index contributed by atoms with van der Waals surface area (Å²) in [5.41, 5.74) is 6.79. The summed E-state index contributed by atoms with van der Waals surface area (Å²) >= 11 is 0. The highest BCUT2D eigenvalue weighted by Gasteiger charge is 2.36. The number of nitrogens with zero attached hydrogens (tertiary/aromatic N) is 4. The van der Waals surface area contributed by atoms with Gasteiger partial charge in [-0.25, -0.2) is 15.0 Å². The highest BCUT2D eigenvalue weighted by atomic mass is 16.5. The second-order valence-corrected chi connectivity index (χ2v) is 4.60. The number of nitrogen functional groups attached to an aromatic ring is 1. The maximum Gasteiger partial charge on any atom is 0.207 e. The Morgan fingerprint density at radius 1 is 1.55 bits per heavy atom. The van der Waals surface area contributed by atoms with Gasteiger partial charge in [-0.05, 0) is 0 Å². The zero-order chi connectivity index (χ0) is 14.3. The molecule has 2 aromatic heterocycles. The van der Waals surface area contributed by atoms with E-state index in [4.69, 9.17) is 15.6 Å². The Hall–Kier alpha value is -1.97. The first-order valence-electron chi connectivity index (χ1n) is 6.26. The molecule has 108 valence electrons. The van der Waals surface area contributed by atoms with Crippen LogP contribution in [0.2, 0.25) is 0 Å². The molecule has 0 amide bonds. The number of aliphatic hydroxyl groups excluding tert-OH is 2. The van der Waals surface area contributed by atoms with E-state index in [0.717, 1.165) is 0 Å². The number of nitrogens with one attached hydrogen (secondary N) is 1. The summed E-state index contributed by atoms with van der Waals surface area (Å²) < 4.78 is 7.35. The van der Waals surface area contributed by atoms with Crippen LogP contribution < -0.4 is 11.1 Å². The van der Waals surface area contributed by atoms with E-state index in [1.165, 1.54) is 6.33 Å². The zero-order valence-electron chi connectivity index (χ0n) is 10.9. The fourth-order valence-corrected chi connectivity index (χ4v) is 2.41. The van der Waals surface area contributed by atoms with Crippen molar-refractivity contribution in [2.24, 2.45) is 0 Å². The van der Waals surface area contributed by atoms with Crippen LogP contribution >= 0.6 is 0 Å². The van der Waals surface area contributed by atoms with Crippen LogP contribution in [0, 0.1) is 0 Å². The Balaban J connectivity index is 2.09. The Bertz CT molecular complexity index is 630. The van der Waals surface area contributed by atoms with E-state index in [9.17, 15) is 5.11 Å². The van der Waals surface area contributed by atoms with Crippen molar-refractivity contribution < 1.29 is 14.9 Å². The number of fused-ring (bicyclic) bond motifs is 1. The third kappa shape index (κ3) is 1.87. The predicted molar refractivity (Wildman–Crippen MR) is 70.9 cm³/mol. The first kappa shape index (κ1) is 13.0. The molecule has 0 aliphatic carbocycles. The molecule has 5 N–H and O–H groups in total. The summed E-state index contributed by atoms with van der Waals surface area (Å²) in [6, 6.07) is 0. The second kappa shape index (κ2) is 4.85. The lowest BCUT2D eigenvalue weighted by molar-refractivity contribution is -0.0425. The van der Waals surface area contributed by atoms with Crippen LogP contribution in [0.4, 0.5) is 11.8 Å². The molecule has 0 bridgehead atoms. The molecule has 3 rings (SSSR count). The van der Waals surface area contributed by atoms with Gasteiger partial charge < -0.3 is 26.0 Å². The molecule has 3 unspecified atom stereocenters. The van der Waals surface area contributed by atoms with E-state index < -0.39 is 18.4 Å². The first-order valence-corrected chi connectivity index (χ1v) is 6.26. The minimum atomic E-state index is -0.730. The molecule has 1 saturated heterocycles. The molecule has 1 fully saturated rings. The number of ether oxygens (including phenoxy) is 1. The van der Waals surface area contributed by atoms with Gasteiger partial charge in [-0.2, -0.15) is 0 Å². The standard InChI is InChI=1S/C11H16N6O3/c1-13-11-16-8-9(12)14-4-15-10(8)17(11)7-2-5(19)6(3-18)20-7/h4-7,18-19H,2-3H2,1H3,(H,13,16)(H2,12,14,15). The van der Waals surface area contributed by atoms with Crippen LogP contribution in [0.1, 0.15) is 12.6 Å². The maximum atomic E-state index is 9.85. The highest BCUT2D eigenvalue weighted by molar-refractivity contribution is 5.84. The van der Waals surface area contributed by atoms with Crippen LogP contribution in [0.15, 0.2) is 6.33 Å². The van der Waals surface area contributed by atoms with Gasteiger partial charge >= 0.3 is 0 Å². The van der Waals surface area contributed by atoms with E-state index >= 15 is 0 Å². The number of aromatic nitrogens is 4. The number of hydrogen-bond acceptors (Lipinski definition) is 8. The summed E-state index contributed by atoms with van der Waals surface area (Å²) in [6.07, 6.45) is -0.115. The number of nitrogens with two attached hydrogens (primary N) is 1. The third-order valence-electron chi connectivity index (χ3n) is 3.40. The molecule has 0 aromatic carbocycles. The number of hydrogen-bond donors (Lipinski definition) is 4. The summed E-state index contributed by atoms with van der Waals surface area (Å²) in [5, 5.41) is 22.0. The van der Waals surface area contributed by atoms with Gasteiger partial charge in [0, 0.05) is 13.5 Å². The predicted octanol–water partition coefficient (Wildman–Crippen LogP) is -0.909. The third-order valence-corrected chi connectivity index (χ3v) is 3.40. The monoisotopic (exact) mass is 280 g/mol. The average Bonchev–Trinajstić information content (AvgIpc) is 2.99. The fraction of sp³-hybridized carbons (Fsp3) is 0.545. The summed E-state index contributed by atoms with van der Waals surface area (Å²) in [6.45, 7) is -0.240. The molecule has 1 aliphatic heterocycles. The maximum absolute atomic E-state index is 9.85. The molecule has 9 heteroatoms. The molecule has 3 heterocycles. The minimum Gasteiger partial charge on any atom is -0.394 e. The fourth-order valence-electron chi connectivity index (χ4n) is 2.41. The van der Waals surface area contributed by atoms with E-state index in [-0.39, 0.29) is 12.4 Å². The van der Waals surface area contributed by atoms with Gasteiger partial charge in [0.25, 0.3) is 0 Å². The number of aliphatic hydroxyl groups is 2. The van der Waals surface area contributed by atoms with Crippen molar-refractivity contribution in [2.75, 3.05) is 24.7 Å². The van der Waals surface area contributed by atoms with E-state index in [2.05, 4.69) is 20.3 Å². The van der Waals surface area contributed by atoms with Crippen LogP contribution in [0.3, 0.4) is 0 Å². The van der Waals surface area contributed by atoms with Crippen LogP contribution in [-0.4, -0.2) is 55.6 Å². The Labute approximate surface area is 114 Å². The van der Waals surface area contributed by atoms with Crippen molar-refractivity contribution in [1.29, 1.82) is 0 Å². The van der Waals surface area contributed by atoms with Crippen molar-refractivity contribution in [3.8, 4) is 0 Å². The second-order valence-electron chi connectivity index (χ2n) is 4.60. The van der Waals surface area contributed by atoms with Gasteiger partial charge in [-0.3, -0.25) is 4.57 Å². The van der Waals surface area contributed by atoms with Crippen LogP contribution in [0.25, 0.3) is 11.2 Å². The topological polar surface area (TPSA) is 131 Å². The molecule has 9 nitrogen and oxygen atoms in total. The lowest BCUT2D eigenvalue weighted by Crippen LogP contribution is -2.24.